The van der Waals surface area contributed by atoms with Gasteiger partial charge in [-0.15, -0.1) is 12.4 Å². The summed E-state index contributed by atoms with van der Waals surface area (Å²) < 4.78 is 0. The molecule has 13 heavy (non-hydrogen) atoms. The molecular formula is C10H18ClNO. The standard InChI is InChI=1S/C10H17NO.ClH/c11-9-7-1-6-2-8(9)5-10(12,3-6)4-7;/h6-9,12H,1-5,11H2;1H/t6-,7+,8-,9-,10?;. The summed E-state index contributed by atoms with van der Waals surface area (Å²) in [6.07, 6.45) is 5.62. The van der Waals surface area contributed by atoms with Crippen LogP contribution in [0.4, 0.5) is 0 Å². The van der Waals surface area contributed by atoms with Gasteiger partial charge >= 0.3 is 0 Å². The normalized spacial score (nSPS) is 57.7. The lowest BCUT2D eigenvalue weighted by molar-refractivity contribution is -0.132. The van der Waals surface area contributed by atoms with Gasteiger partial charge in [0.1, 0.15) is 0 Å². The molecule has 3 heteroatoms. The molecule has 2 nitrogen and oxygen atoms in total. The maximum absolute atomic E-state index is 10.2. The highest BCUT2D eigenvalue weighted by molar-refractivity contribution is 5.85. The van der Waals surface area contributed by atoms with E-state index in [1.807, 2.05) is 0 Å². The summed E-state index contributed by atoms with van der Waals surface area (Å²) in [6.45, 7) is 0. The second kappa shape index (κ2) is 2.85. The van der Waals surface area contributed by atoms with Crippen molar-refractivity contribution in [2.24, 2.45) is 23.5 Å². The fraction of sp³-hybridized carbons (Fsp3) is 1.00. The Kier molecular flexibility index (Phi) is 2.14. The molecule has 0 aromatic rings. The molecule has 76 valence electrons. The zero-order valence-electron chi connectivity index (χ0n) is 7.78. The summed E-state index contributed by atoms with van der Waals surface area (Å²) >= 11 is 0. The van der Waals surface area contributed by atoms with E-state index in [0.29, 0.717) is 17.9 Å². The Bertz CT molecular complexity index is 205. The summed E-state index contributed by atoms with van der Waals surface area (Å²) in [5.74, 6) is 2.08. The first-order valence-electron chi connectivity index (χ1n) is 5.14. The predicted octanol–water partition coefficient (Wildman–Crippen LogP) is 1.31. The largest absolute Gasteiger partial charge is 0.390 e. The van der Waals surface area contributed by atoms with Gasteiger partial charge in [-0.1, -0.05) is 0 Å². The minimum Gasteiger partial charge on any atom is -0.390 e. The van der Waals surface area contributed by atoms with Crippen LogP contribution in [-0.4, -0.2) is 16.7 Å². The highest BCUT2D eigenvalue weighted by atomic mass is 35.5. The molecule has 4 saturated carbocycles. The molecule has 4 aliphatic carbocycles. The average molecular weight is 204 g/mol. The lowest BCUT2D eigenvalue weighted by Crippen LogP contribution is -2.59. The van der Waals surface area contributed by atoms with Crippen LogP contribution in [0.5, 0.6) is 0 Å². The van der Waals surface area contributed by atoms with Crippen molar-refractivity contribution < 1.29 is 5.11 Å². The zero-order chi connectivity index (χ0) is 8.34. The first-order valence-corrected chi connectivity index (χ1v) is 5.14. The highest BCUT2D eigenvalue weighted by Crippen LogP contribution is 2.54. The third kappa shape index (κ3) is 1.31. The van der Waals surface area contributed by atoms with Crippen molar-refractivity contribution in [3.8, 4) is 0 Å². The molecule has 3 N–H and O–H groups in total. The van der Waals surface area contributed by atoms with Gasteiger partial charge in [0.05, 0.1) is 5.60 Å². The Balaban J connectivity index is 0.000000653. The van der Waals surface area contributed by atoms with Crippen molar-refractivity contribution >= 4 is 12.4 Å². The van der Waals surface area contributed by atoms with E-state index in [1.165, 1.54) is 12.8 Å². The molecule has 0 radical (unpaired) electrons. The van der Waals surface area contributed by atoms with E-state index in [4.69, 9.17) is 5.73 Å². The van der Waals surface area contributed by atoms with Crippen LogP contribution in [0.15, 0.2) is 0 Å². The van der Waals surface area contributed by atoms with Crippen LogP contribution in [0.2, 0.25) is 0 Å². The van der Waals surface area contributed by atoms with Crippen molar-refractivity contribution in [2.75, 3.05) is 0 Å². The van der Waals surface area contributed by atoms with Gasteiger partial charge in [-0.2, -0.15) is 0 Å². The fourth-order valence-corrected chi connectivity index (χ4v) is 4.02. The van der Waals surface area contributed by atoms with E-state index in [-0.39, 0.29) is 18.0 Å². The van der Waals surface area contributed by atoms with Crippen molar-refractivity contribution in [2.45, 2.75) is 43.7 Å². The smallest absolute Gasteiger partial charge is 0.0657 e. The molecule has 4 aliphatic rings. The summed E-state index contributed by atoms with van der Waals surface area (Å²) in [5.41, 5.74) is 5.82. The van der Waals surface area contributed by atoms with E-state index in [0.717, 1.165) is 25.2 Å². The molecule has 4 fully saturated rings. The van der Waals surface area contributed by atoms with Crippen LogP contribution >= 0.6 is 12.4 Å². The summed E-state index contributed by atoms with van der Waals surface area (Å²) in [6, 6.07) is 0.404. The van der Waals surface area contributed by atoms with Gasteiger partial charge in [0.2, 0.25) is 0 Å². The van der Waals surface area contributed by atoms with Crippen molar-refractivity contribution in [3.05, 3.63) is 0 Å². The van der Waals surface area contributed by atoms with Crippen LogP contribution in [-0.2, 0) is 0 Å². The lowest BCUT2D eigenvalue weighted by Gasteiger charge is -2.57. The number of hydrogen-bond donors (Lipinski definition) is 2. The Hall–Kier alpha value is 0.210. The number of hydrogen-bond acceptors (Lipinski definition) is 2. The van der Waals surface area contributed by atoms with Gasteiger partial charge in [-0.3, -0.25) is 0 Å². The maximum atomic E-state index is 10.2. The molecule has 0 aliphatic heterocycles. The molecule has 4 rings (SSSR count). The third-order valence-electron chi connectivity index (χ3n) is 4.31. The molecule has 5 atom stereocenters. The van der Waals surface area contributed by atoms with Crippen molar-refractivity contribution in [3.63, 3.8) is 0 Å². The molecule has 0 saturated heterocycles. The quantitative estimate of drug-likeness (QED) is 0.624. The Morgan fingerprint density at radius 2 is 1.62 bits per heavy atom. The molecule has 0 amide bonds. The van der Waals surface area contributed by atoms with Gasteiger partial charge in [0, 0.05) is 6.04 Å². The second-order valence-corrected chi connectivity index (χ2v) is 5.27. The summed E-state index contributed by atoms with van der Waals surface area (Å²) in [5, 5.41) is 10.2. The van der Waals surface area contributed by atoms with Crippen LogP contribution in [0, 0.1) is 17.8 Å². The third-order valence-corrected chi connectivity index (χ3v) is 4.31. The molecule has 0 heterocycles. The van der Waals surface area contributed by atoms with Gasteiger partial charge < -0.3 is 10.8 Å². The topological polar surface area (TPSA) is 46.2 Å². The number of halogens is 1. The van der Waals surface area contributed by atoms with Gasteiger partial charge in [-0.25, -0.2) is 0 Å². The van der Waals surface area contributed by atoms with Crippen LogP contribution in [0.1, 0.15) is 32.1 Å². The van der Waals surface area contributed by atoms with E-state index in [2.05, 4.69) is 0 Å². The van der Waals surface area contributed by atoms with Gasteiger partial charge in [0.25, 0.3) is 0 Å². The first-order chi connectivity index (χ1) is 5.66. The Morgan fingerprint density at radius 1 is 1.08 bits per heavy atom. The zero-order valence-corrected chi connectivity index (χ0v) is 8.59. The minimum atomic E-state index is -0.299. The SMILES string of the molecule is Cl.N[C@H]1[C@@H]2C[C@H]3C[C@H]1CC(O)(C3)C2. The molecule has 0 aromatic heterocycles. The van der Waals surface area contributed by atoms with Crippen molar-refractivity contribution in [1.29, 1.82) is 0 Å². The van der Waals surface area contributed by atoms with Crippen molar-refractivity contribution in [1.82, 2.24) is 0 Å². The second-order valence-electron chi connectivity index (χ2n) is 5.27. The molecular weight excluding hydrogens is 186 g/mol. The molecule has 0 spiro atoms. The monoisotopic (exact) mass is 203 g/mol. The Labute approximate surface area is 85.3 Å². The molecule has 1 unspecified atom stereocenters. The first kappa shape index (κ1) is 9.75. The van der Waals surface area contributed by atoms with Crippen LogP contribution in [0.3, 0.4) is 0 Å². The summed E-state index contributed by atoms with van der Waals surface area (Å²) in [4.78, 5) is 0. The summed E-state index contributed by atoms with van der Waals surface area (Å²) in [7, 11) is 0. The number of aliphatic hydroxyl groups is 1. The average Bonchev–Trinajstić information content (AvgIpc) is 1.96. The van der Waals surface area contributed by atoms with E-state index in [1.54, 1.807) is 0 Å². The number of rotatable bonds is 0. The predicted molar refractivity (Wildman–Crippen MR) is 53.7 cm³/mol. The molecule has 0 aromatic carbocycles. The van der Waals surface area contributed by atoms with Crippen LogP contribution in [0.25, 0.3) is 0 Å². The van der Waals surface area contributed by atoms with Gasteiger partial charge in [-0.05, 0) is 49.9 Å². The maximum Gasteiger partial charge on any atom is 0.0657 e. The minimum absolute atomic E-state index is 0. The lowest BCUT2D eigenvalue weighted by atomic mass is 9.52. The number of nitrogens with two attached hydrogens (primary N) is 1. The Morgan fingerprint density at radius 3 is 2.08 bits per heavy atom. The van der Waals surface area contributed by atoms with Gasteiger partial charge in [0.15, 0.2) is 0 Å². The fourth-order valence-electron chi connectivity index (χ4n) is 4.02. The van der Waals surface area contributed by atoms with E-state index in [9.17, 15) is 5.11 Å². The molecule has 4 bridgehead atoms. The van der Waals surface area contributed by atoms with E-state index >= 15 is 0 Å². The van der Waals surface area contributed by atoms with E-state index < -0.39 is 0 Å². The highest BCUT2D eigenvalue weighted by Gasteiger charge is 2.53. The van der Waals surface area contributed by atoms with Crippen LogP contribution < -0.4 is 5.73 Å².